The van der Waals surface area contributed by atoms with Gasteiger partial charge in [-0.25, -0.2) is 0 Å². The Morgan fingerprint density at radius 1 is 0.882 bits per heavy atom. The van der Waals surface area contributed by atoms with E-state index in [1.165, 1.54) is 0 Å². The van der Waals surface area contributed by atoms with E-state index in [2.05, 4.69) is 0 Å². The number of rotatable bonds is 3. The monoisotopic (exact) mass is 244 g/mol. The van der Waals surface area contributed by atoms with Crippen LogP contribution >= 0.6 is 11.8 Å². The molecule has 2 aromatic carbocycles. The van der Waals surface area contributed by atoms with E-state index >= 15 is 0 Å². The smallest absolute Gasteiger partial charge is 0.423 e. The molecule has 17 heavy (non-hydrogen) atoms. The number of thioether (sulfide) groups is 1. The summed E-state index contributed by atoms with van der Waals surface area (Å²) in [6, 6.07) is 15.3. The van der Waals surface area contributed by atoms with Crippen molar-refractivity contribution in [1.29, 1.82) is 0 Å². The molecule has 2 N–H and O–H groups in total. The average Bonchev–Trinajstić information content (AvgIpc) is 2.38. The third-order valence-corrected chi connectivity index (χ3v) is 3.43. The Hall–Kier alpha value is -1.23. The maximum absolute atomic E-state index is 9.38. The van der Waals surface area contributed by atoms with Crippen molar-refractivity contribution in [3.8, 4) is 11.1 Å². The van der Waals surface area contributed by atoms with Gasteiger partial charge in [-0.1, -0.05) is 42.5 Å². The summed E-state index contributed by atoms with van der Waals surface area (Å²) in [4.78, 5) is 1.13. The molecule has 0 amide bonds. The SMILES string of the molecule is CSc1ccccc1-c1ccccc1B(O)O. The maximum atomic E-state index is 9.38. The van der Waals surface area contributed by atoms with E-state index in [0.29, 0.717) is 5.46 Å². The van der Waals surface area contributed by atoms with Crippen molar-refractivity contribution in [3.05, 3.63) is 48.5 Å². The highest BCUT2D eigenvalue weighted by molar-refractivity contribution is 7.98. The van der Waals surface area contributed by atoms with Gasteiger partial charge < -0.3 is 10.0 Å². The zero-order chi connectivity index (χ0) is 12.3. The molecule has 0 radical (unpaired) electrons. The van der Waals surface area contributed by atoms with Gasteiger partial charge in [0.1, 0.15) is 0 Å². The second-order valence-corrected chi connectivity index (χ2v) is 4.51. The first-order valence-electron chi connectivity index (χ1n) is 5.32. The Morgan fingerprint density at radius 3 is 2.12 bits per heavy atom. The van der Waals surface area contributed by atoms with Crippen molar-refractivity contribution >= 4 is 24.3 Å². The molecule has 0 aliphatic rings. The first-order valence-corrected chi connectivity index (χ1v) is 6.55. The summed E-state index contributed by atoms with van der Waals surface area (Å²) in [5.74, 6) is 0. The standard InChI is InChI=1S/C13H13BO2S/c1-17-13-9-5-3-7-11(13)10-6-2-4-8-12(10)14(15)16/h2-9,15-16H,1H3. The second kappa shape index (κ2) is 5.40. The van der Waals surface area contributed by atoms with E-state index in [1.807, 2.05) is 42.7 Å². The van der Waals surface area contributed by atoms with Crippen LogP contribution in [0, 0.1) is 0 Å². The molecular formula is C13H13BO2S. The zero-order valence-corrected chi connectivity index (χ0v) is 10.3. The largest absolute Gasteiger partial charge is 0.489 e. The minimum atomic E-state index is -1.44. The van der Waals surface area contributed by atoms with Crippen molar-refractivity contribution in [2.75, 3.05) is 6.26 Å². The van der Waals surface area contributed by atoms with E-state index in [4.69, 9.17) is 0 Å². The summed E-state index contributed by atoms with van der Waals surface area (Å²) < 4.78 is 0. The molecule has 0 atom stereocenters. The lowest BCUT2D eigenvalue weighted by molar-refractivity contribution is 0.426. The summed E-state index contributed by atoms with van der Waals surface area (Å²) in [5.41, 5.74) is 2.44. The lowest BCUT2D eigenvalue weighted by Gasteiger charge is -2.11. The zero-order valence-electron chi connectivity index (χ0n) is 9.50. The normalized spacial score (nSPS) is 10.3. The Morgan fingerprint density at radius 2 is 1.47 bits per heavy atom. The van der Waals surface area contributed by atoms with E-state index in [9.17, 15) is 10.0 Å². The molecule has 4 heteroatoms. The van der Waals surface area contributed by atoms with Gasteiger partial charge in [0.2, 0.25) is 0 Å². The molecule has 0 unspecified atom stereocenters. The van der Waals surface area contributed by atoms with E-state index < -0.39 is 7.12 Å². The molecule has 0 saturated heterocycles. The molecule has 0 heterocycles. The lowest BCUT2D eigenvalue weighted by atomic mass is 9.75. The fraction of sp³-hybridized carbons (Fsp3) is 0.0769. The molecule has 0 bridgehead atoms. The first kappa shape index (κ1) is 12.2. The Kier molecular flexibility index (Phi) is 3.89. The molecule has 2 aromatic rings. The van der Waals surface area contributed by atoms with Crippen molar-refractivity contribution < 1.29 is 10.0 Å². The molecule has 2 nitrogen and oxygen atoms in total. The summed E-state index contributed by atoms with van der Waals surface area (Å²) in [7, 11) is -1.44. The van der Waals surface area contributed by atoms with Crippen LogP contribution in [0.4, 0.5) is 0 Å². The third kappa shape index (κ3) is 2.55. The minimum absolute atomic E-state index is 0.536. The van der Waals surface area contributed by atoms with Crippen molar-refractivity contribution in [3.63, 3.8) is 0 Å². The summed E-state index contributed by atoms with van der Waals surface area (Å²) in [6.45, 7) is 0. The molecule has 0 aliphatic carbocycles. The Bertz CT molecular complexity index is 514. The summed E-state index contributed by atoms with van der Waals surface area (Å²) in [5, 5.41) is 18.8. The van der Waals surface area contributed by atoms with Crippen LogP contribution < -0.4 is 5.46 Å². The van der Waals surface area contributed by atoms with E-state index in [-0.39, 0.29) is 0 Å². The Balaban J connectivity index is 2.60. The van der Waals surface area contributed by atoms with Gasteiger partial charge in [0.05, 0.1) is 0 Å². The van der Waals surface area contributed by atoms with Gasteiger partial charge in [0.25, 0.3) is 0 Å². The summed E-state index contributed by atoms with van der Waals surface area (Å²) >= 11 is 1.65. The van der Waals surface area contributed by atoms with Crippen LogP contribution in [0.25, 0.3) is 11.1 Å². The van der Waals surface area contributed by atoms with Gasteiger partial charge in [0, 0.05) is 4.90 Å². The number of hydrogen-bond acceptors (Lipinski definition) is 3. The molecule has 0 aromatic heterocycles. The average molecular weight is 244 g/mol. The third-order valence-electron chi connectivity index (χ3n) is 2.64. The van der Waals surface area contributed by atoms with Crippen molar-refractivity contribution in [2.45, 2.75) is 4.90 Å². The lowest BCUT2D eigenvalue weighted by Crippen LogP contribution is -2.31. The highest BCUT2D eigenvalue weighted by Crippen LogP contribution is 2.28. The fourth-order valence-corrected chi connectivity index (χ4v) is 2.45. The van der Waals surface area contributed by atoms with Gasteiger partial charge in [-0.2, -0.15) is 0 Å². The topological polar surface area (TPSA) is 40.5 Å². The van der Waals surface area contributed by atoms with E-state index in [0.717, 1.165) is 16.0 Å². The molecule has 0 spiro atoms. The quantitative estimate of drug-likeness (QED) is 0.638. The highest BCUT2D eigenvalue weighted by atomic mass is 32.2. The fourth-order valence-electron chi connectivity index (χ4n) is 1.83. The molecule has 0 fully saturated rings. The highest BCUT2D eigenvalue weighted by Gasteiger charge is 2.17. The van der Waals surface area contributed by atoms with Gasteiger partial charge in [0.15, 0.2) is 0 Å². The number of benzene rings is 2. The van der Waals surface area contributed by atoms with Crippen LogP contribution in [-0.2, 0) is 0 Å². The molecule has 0 saturated carbocycles. The number of hydrogen-bond donors (Lipinski definition) is 2. The van der Waals surface area contributed by atoms with Crippen LogP contribution in [0.3, 0.4) is 0 Å². The van der Waals surface area contributed by atoms with Gasteiger partial charge in [-0.05, 0) is 28.9 Å². The van der Waals surface area contributed by atoms with Gasteiger partial charge >= 0.3 is 7.12 Å². The predicted molar refractivity (Wildman–Crippen MR) is 73.5 cm³/mol. The van der Waals surface area contributed by atoms with Gasteiger partial charge in [-0.15, -0.1) is 11.8 Å². The van der Waals surface area contributed by atoms with Crippen molar-refractivity contribution in [1.82, 2.24) is 0 Å². The maximum Gasteiger partial charge on any atom is 0.489 e. The van der Waals surface area contributed by atoms with Gasteiger partial charge in [-0.3, -0.25) is 0 Å². The molecule has 86 valence electrons. The van der Waals surface area contributed by atoms with Crippen LogP contribution in [0.2, 0.25) is 0 Å². The van der Waals surface area contributed by atoms with E-state index in [1.54, 1.807) is 23.9 Å². The van der Waals surface area contributed by atoms with Crippen LogP contribution in [0.5, 0.6) is 0 Å². The molecule has 2 rings (SSSR count). The Labute approximate surface area is 105 Å². The van der Waals surface area contributed by atoms with Crippen LogP contribution in [0.15, 0.2) is 53.4 Å². The van der Waals surface area contributed by atoms with Crippen molar-refractivity contribution in [2.24, 2.45) is 0 Å². The summed E-state index contributed by atoms with van der Waals surface area (Å²) in [6.07, 6.45) is 2.01. The molecule has 0 aliphatic heterocycles. The van der Waals surface area contributed by atoms with Crippen LogP contribution in [-0.4, -0.2) is 23.4 Å². The second-order valence-electron chi connectivity index (χ2n) is 3.66. The molecular weight excluding hydrogens is 231 g/mol. The minimum Gasteiger partial charge on any atom is -0.423 e. The van der Waals surface area contributed by atoms with Crippen LogP contribution in [0.1, 0.15) is 0 Å². The first-order chi connectivity index (χ1) is 8.24. The predicted octanol–water partition coefficient (Wildman–Crippen LogP) is 1.76.